The molecular weight excluding hydrogens is 488 g/mol. The van der Waals surface area contributed by atoms with Gasteiger partial charge in [0.25, 0.3) is 0 Å². The van der Waals surface area contributed by atoms with Crippen molar-refractivity contribution < 1.29 is 18.9 Å². The number of rotatable bonds is 7. The molecule has 212 valence electrons. The van der Waals surface area contributed by atoms with Crippen molar-refractivity contribution in [3.8, 4) is 0 Å². The Morgan fingerprint density at radius 3 is 1.62 bits per heavy atom. The van der Waals surface area contributed by atoms with E-state index < -0.39 is 0 Å². The minimum absolute atomic E-state index is 0.615. The maximum Gasteiger partial charge on any atom is 0.0701 e. The third-order valence-electron chi connectivity index (χ3n) is 7.35. The molecule has 3 aromatic carbocycles. The van der Waals surface area contributed by atoms with Gasteiger partial charge in [0.2, 0.25) is 0 Å². The van der Waals surface area contributed by atoms with Crippen molar-refractivity contribution in [2.75, 3.05) is 85.6 Å². The van der Waals surface area contributed by atoms with E-state index in [1.165, 1.54) is 39.9 Å². The number of fused-ring (bicyclic) bond motifs is 2. The van der Waals surface area contributed by atoms with Gasteiger partial charge in [0.15, 0.2) is 0 Å². The van der Waals surface area contributed by atoms with E-state index in [9.17, 15) is 0 Å². The Morgan fingerprint density at radius 1 is 0.615 bits per heavy atom. The number of unbranched alkanes of at least 4 members (excludes halogenated alkanes) is 2. The van der Waals surface area contributed by atoms with Gasteiger partial charge in [-0.3, -0.25) is 9.80 Å². The Hall–Kier alpha value is -2.32. The van der Waals surface area contributed by atoms with Crippen LogP contribution in [0.3, 0.4) is 0 Å². The topological polar surface area (TPSA) is 43.4 Å². The lowest BCUT2D eigenvalue weighted by Crippen LogP contribution is -2.33. The second-order valence-corrected chi connectivity index (χ2v) is 10.1. The summed E-state index contributed by atoms with van der Waals surface area (Å²) in [6, 6.07) is 19.7. The molecule has 0 N–H and O–H groups in total. The average Bonchev–Trinajstić information content (AvgIpc) is 2.96. The summed E-state index contributed by atoms with van der Waals surface area (Å²) in [6.07, 6.45) is 5.42. The molecule has 39 heavy (non-hydrogen) atoms. The molecule has 0 unspecified atom stereocenters. The van der Waals surface area contributed by atoms with Crippen LogP contribution in [0.2, 0.25) is 0 Å². The first kappa shape index (κ1) is 29.7. The maximum atomic E-state index is 5.99. The zero-order valence-corrected chi connectivity index (χ0v) is 23.5. The lowest BCUT2D eigenvalue weighted by atomic mass is 9.96. The largest absolute Gasteiger partial charge is 0.378 e. The van der Waals surface area contributed by atoms with Crippen LogP contribution in [0, 0.1) is 0 Å². The van der Waals surface area contributed by atoms with Crippen molar-refractivity contribution in [3.05, 3.63) is 72.8 Å². The molecule has 1 aliphatic heterocycles. The molecule has 1 heterocycles. The van der Waals surface area contributed by atoms with Gasteiger partial charge < -0.3 is 18.9 Å². The molecule has 0 saturated carbocycles. The van der Waals surface area contributed by atoms with Crippen LogP contribution in [0.4, 0.5) is 0 Å². The van der Waals surface area contributed by atoms with Crippen molar-refractivity contribution in [3.63, 3.8) is 0 Å². The fourth-order valence-corrected chi connectivity index (χ4v) is 5.15. The standard InChI is InChI=1S/C33H46N2O4/c1-2-3-4-9-14-34-15-19-36-23-25-38-21-17-35(18-22-39-26-24-37-20-16-34)28-33-31-12-7-5-10-29(31)27-30-11-6-8-13-32(30)33/h2,5-8,10-13,27H,1,3-4,9,14-26,28H2. The first-order chi connectivity index (χ1) is 19.3. The number of benzene rings is 3. The van der Waals surface area contributed by atoms with Crippen LogP contribution in [0.15, 0.2) is 67.3 Å². The van der Waals surface area contributed by atoms with Crippen LogP contribution < -0.4 is 0 Å². The summed E-state index contributed by atoms with van der Waals surface area (Å²) in [4.78, 5) is 4.88. The second-order valence-electron chi connectivity index (χ2n) is 10.1. The summed E-state index contributed by atoms with van der Waals surface area (Å²) in [6.45, 7) is 14.5. The van der Waals surface area contributed by atoms with Crippen LogP contribution in [0.5, 0.6) is 0 Å². The van der Waals surface area contributed by atoms with Crippen LogP contribution >= 0.6 is 0 Å². The molecule has 0 bridgehead atoms. The molecule has 6 heteroatoms. The zero-order chi connectivity index (χ0) is 27.0. The molecule has 0 atom stereocenters. The molecule has 0 aromatic heterocycles. The SMILES string of the molecule is C=CCCCCN1CCOCCOCCN(Cc2c3ccccc3cc3ccccc23)CCOCCOCC1. The molecule has 6 nitrogen and oxygen atoms in total. The van der Waals surface area contributed by atoms with E-state index in [0.717, 1.165) is 45.7 Å². The molecule has 1 aliphatic rings. The highest BCUT2D eigenvalue weighted by Crippen LogP contribution is 2.29. The molecule has 3 aromatic rings. The van der Waals surface area contributed by atoms with Gasteiger partial charge in [0.05, 0.1) is 52.9 Å². The molecule has 1 fully saturated rings. The van der Waals surface area contributed by atoms with Crippen LogP contribution in [0.25, 0.3) is 21.5 Å². The van der Waals surface area contributed by atoms with Crippen molar-refractivity contribution >= 4 is 21.5 Å². The van der Waals surface area contributed by atoms with Crippen molar-refractivity contribution in [1.29, 1.82) is 0 Å². The second kappa shape index (κ2) is 17.4. The lowest BCUT2D eigenvalue weighted by Gasteiger charge is -2.25. The van der Waals surface area contributed by atoms with E-state index in [-0.39, 0.29) is 0 Å². The van der Waals surface area contributed by atoms with E-state index >= 15 is 0 Å². The molecule has 0 amide bonds. The van der Waals surface area contributed by atoms with Gasteiger partial charge in [0.1, 0.15) is 0 Å². The van der Waals surface area contributed by atoms with Gasteiger partial charge in [0, 0.05) is 32.7 Å². The van der Waals surface area contributed by atoms with Gasteiger partial charge >= 0.3 is 0 Å². The van der Waals surface area contributed by atoms with Gasteiger partial charge in [-0.05, 0) is 59.0 Å². The van der Waals surface area contributed by atoms with E-state index in [0.29, 0.717) is 52.9 Å². The minimum Gasteiger partial charge on any atom is -0.378 e. The monoisotopic (exact) mass is 534 g/mol. The zero-order valence-electron chi connectivity index (χ0n) is 23.5. The van der Waals surface area contributed by atoms with Crippen LogP contribution in [-0.4, -0.2) is 95.4 Å². The smallest absolute Gasteiger partial charge is 0.0701 e. The number of hydrogen-bond donors (Lipinski definition) is 0. The Morgan fingerprint density at radius 2 is 1.10 bits per heavy atom. The van der Waals surface area contributed by atoms with E-state index in [1.807, 2.05) is 6.08 Å². The Kier molecular flexibility index (Phi) is 13.2. The number of allylic oxidation sites excluding steroid dienone is 1. The number of hydrogen-bond acceptors (Lipinski definition) is 6. The highest BCUT2D eigenvalue weighted by molar-refractivity contribution is 6.02. The summed E-state index contributed by atoms with van der Waals surface area (Å²) in [7, 11) is 0. The fraction of sp³-hybridized carbons (Fsp3) is 0.515. The van der Waals surface area contributed by atoms with Gasteiger partial charge in [-0.25, -0.2) is 0 Å². The van der Waals surface area contributed by atoms with Gasteiger partial charge in [-0.15, -0.1) is 6.58 Å². The Balaban J connectivity index is 1.34. The Labute approximate surface area is 234 Å². The van der Waals surface area contributed by atoms with Gasteiger partial charge in [-0.2, -0.15) is 0 Å². The highest BCUT2D eigenvalue weighted by Gasteiger charge is 2.13. The Bertz CT molecular complexity index is 1050. The summed E-state index contributed by atoms with van der Waals surface area (Å²) < 4.78 is 23.8. The molecule has 0 aliphatic carbocycles. The quantitative estimate of drug-likeness (QED) is 0.226. The molecule has 0 radical (unpaired) electrons. The number of ether oxygens (including phenoxy) is 4. The van der Waals surface area contributed by atoms with Crippen LogP contribution in [-0.2, 0) is 25.5 Å². The number of nitrogens with zero attached hydrogens (tertiary/aromatic N) is 2. The highest BCUT2D eigenvalue weighted by atomic mass is 16.5. The molecule has 1 saturated heterocycles. The molecule has 4 rings (SSSR count). The van der Waals surface area contributed by atoms with E-state index in [1.54, 1.807) is 0 Å². The predicted octanol–water partition coefficient (Wildman–Crippen LogP) is 5.53. The van der Waals surface area contributed by atoms with Gasteiger partial charge in [-0.1, -0.05) is 54.6 Å². The van der Waals surface area contributed by atoms with Crippen molar-refractivity contribution in [2.24, 2.45) is 0 Å². The van der Waals surface area contributed by atoms with E-state index in [2.05, 4.69) is 71.0 Å². The van der Waals surface area contributed by atoms with E-state index in [4.69, 9.17) is 18.9 Å². The lowest BCUT2D eigenvalue weighted by molar-refractivity contribution is 0.00710. The summed E-state index contributed by atoms with van der Waals surface area (Å²) in [5.74, 6) is 0. The fourth-order valence-electron chi connectivity index (χ4n) is 5.15. The van der Waals surface area contributed by atoms with Crippen molar-refractivity contribution in [1.82, 2.24) is 9.80 Å². The predicted molar refractivity (Wildman–Crippen MR) is 160 cm³/mol. The summed E-state index contributed by atoms with van der Waals surface area (Å²) >= 11 is 0. The normalized spacial score (nSPS) is 18.6. The summed E-state index contributed by atoms with van der Waals surface area (Å²) in [5.41, 5.74) is 1.37. The first-order valence-electron chi connectivity index (χ1n) is 14.6. The third-order valence-corrected chi connectivity index (χ3v) is 7.35. The molecular formula is C33H46N2O4. The minimum atomic E-state index is 0.615. The third kappa shape index (κ3) is 9.98. The van der Waals surface area contributed by atoms with Crippen molar-refractivity contribution in [2.45, 2.75) is 25.8 Å². The van der Waals surface area contributed by atoms with Crippen LogP contribution in [0.1, 0.15) is 24.8 Å². The summed E-state index contributed by atoms with van der Waals surface area (Å²) in [5, 5.41) is 5.19. The molecule has 0 spiro atoms. The maximum absolute atomic E-state index is 5.99. The average molecular weight is 535 g/mol. The first-order valence-corrected chi connectivity index (χ1v) is 14.6.